The van der Waals surface area contributed by atoms with Gasteiger partial charge in [0.1, 0.15) is 0 Å². The van der Waals surface area contributed by atoms with E-state index in [1.165, 1.54) is 6.92 Å². The fraction of sp³-hybridized carbons (Fsp3) is 0.0870. The molecule has 1 N–H and O–H groups in total. The Labute approximate surface area is 176 Å². The molecule has 0 radical (unpaired) electrons. The fourth-order valence-corrected chi connectivity index (χ4v) is 3.17. The van der Waals surface area contributed by atoms with E-state index in [4.69, 9.17) is 4.74 Å². The molecule has 0 heterocycles. The lowest BCUT2D eigenvalue weighted by atomic mass is 10.1. The van der Waals surface area contributed by atoms with Gasteiger partial charge in [-0.3, -0.25) is 9.59 Å². The van der Waals surface area contributed by atoms with Crippen LogP contribution in [0, 0.1) is 0 Å². The second kappa shape index (κ2) is 9.30. The monoisotopic (exact) mass is 451 g/mol. The highest BCUT2D eigenvalue weighted by Crippen LogP contribution is 2.24. The summed E-state index contributed by atoms with van der Waals surface area (Å²) < 4.78 is 6.14. The van der Waals surface area contributed by atoms with E-state index in [1.807, 2.05) is 6.07 Å². The molecule has 5 nitrogen and oxygen atoms in total. The molecule has 146 valence electrons. The van der Waals surface area contributed by atoms with Gasteiger partial charge in [0.25, 0.3) is 5.91 Å². The molecule has 0 aromatic heterocycles. The SMILES string of the molecule is CC(=O)c1cccc(NC(=O)C(OC(=O)c2ccccc2Br)c2ccccc2)c1. The first kappa shape index (κ1) is 20.5. The Morgan fingerprint density at radius 2 is 1.59 bits per heavy atom. The van der Waals surface area contributed by atoms with Gasteiger partial charge in [-0.1, -0.05) is 54.6 Å². The van der Waals surface area contributed by atoms with E-state index in [0.29, 0.717) is 26.9 Å². The van der Waals surface area contributed by atoms with Crippen LogP contribution in [0.3, 0.4) is 0 Å². The fourth-order valence-electron chi connectivity index (χ4n) is 2.72. The van der Waals surface area contributed by atoms with Gasteiger partial charge in [0, 0.05) is 21.3 Å². The van der Waals surface area contributed by atoms with Crippen molar-refractivity contribution in [2.75, 3.05) is 5.32 Å². The van der Waals surface area contributed by atoms with Gasteiger partial charge < -0.3 is 10.1 Å². The number of rotatable bonds is 6. The molecule has 3 rings (SSSR count). The summed E-state index contributed by atoms with van der Waals surface area (Å²) in [5.74, 6) is -1.25. The maximum atomic E-state index is 13.0. The molecule has 1 unspecified atom stereocenters. The van der Waals surface area contributed by atoms with E-state index in [-0.39, 0.29) is 5.78 Å². The molecular formula is C23H18BrNO4. The summed E-state index contributed by atoms with van der Waals surface area (Å²) in [6, 6.07) is 22.2. The van der Waals surface area contributed by atoms with Gasteiger partial charge in [-0.15, -0.1) is 0 Å². The topological polar surface area (TPSA) is 72.5 Å². The van der Waals surface area contributed by atoms with Crippen molar-refractivity contribution in [1.82, 2.24) is 0 Å². The molecule has 6 heteroatoms. The molecule has 0 saturated heterocycles. The van der Waals surface area contributed by atoms with Gasteiger partial charge in [-0.2, -0.15) is 0 Å². The van der Waals surface area contributed by atoms with Crippen LogP contribution in [-0.4, -0.2) is 17.7 Å². The maximum absolute atomic E-state index is 13.0. The summed E-state index contributed by atoms with van der Waals surface area (Å²) in [4.78, 5) is 37.2. The zero-order chi connectivity index (χ0) is 20.8. The molecule has 0 aliphatic carbocycles. The number of ether oxygens (including phenoxy) is 1. The van der Waals surface area contributed by atoms with Gasteiger partial charge >= 0.3 is 5.97 Å². The molecule has 3 aromatic carbocycles. The van der Waals surface area contributed by atoms with Crippen LogP contribution in [0.2, 0.25) is 0 Å². The van der Waals surface area contributed by atoms with E-state index in [1.54, 1.807) is 72.8 Å². The zero-order valence-electron chi connectivity index (χ0n) is 15.6. The number of ketones is 1. The van der Waals surface area contributed by atoms with Gasteiger partial charge in [0.2, 0.25) is 6.10 Å². The summed E-state index contributed by atoms with van der Waals surface area (Å²) in [7, 11) is 0. The third-order valence-corrected chi connectivity index (χ3v) is 4.89. The number of carbonyl (C=O) groups excluding carboxylic acids is 3. The number of esters is 1. The van der Waals surface area contributed by atoms with Crippen molar-refractivity contribution in [2.24, 2.45) is 0 Å². The number of benzene rings is 3. The predicted octanol–water partition coefficient (Wildman–Crippen LogP) is 5.19. The number of anilines is 1. The van der Waals surface area contributed by atoms with Crippen LogP contribution in [0.1, 0.15) is 39.3 Å². The Hall–Kier alpha value is -3.25. The highest BCUT2D eigenvalue weighted by Gasteiger charge is 2.26. The molecule has 0 fully saturated rings. The number of amides is 1. The average molecular weight is 452 g/mol. The van der Waals surface area contributed by atoms with Crippen molar-refractivity contribution in [3.63, 3.8) is 0 Å². The van der Waals surface area contributed by atoms with E-state index in [2.05, 4.69) is 21.2 Å². The molecule has 0 saturated carbocycles. The molecule has 0 aliphatic rings. The van der Waals surface area contributed by atoms with Crippen molar-refractivity contribution >= 4 is 39.3 Å². The van der Waals surface area contributed by atoms with E-state index >= 15 is 0 Å². The summed E-state index contributed by atoms with van der Waals surface area (Å²) in [6.07, 6.45) is -1.16. The minimum Gasteiger partial charge on any atom is -0.444 e. The minimum absolute atomic E-state index is 0.110. The van der Waals surface area contributed by atoms with Crippen molar-refractivity contribution in [1.29, 1.82) is 0 Å². The third-order valence-electron chi connectivity index (χ3n) is 4.20. The van der Waals surface area contributed by atoms with Gasteiger partial charge in [-0.05, 0) is 47.1 Å². The molecule has 0 aliphatic heterocycles. The molecule has 0 bridgehead atoms. The number of nitrogens with one attached hydrogen (secondary N) is 1. The van der Waals surface area contributed by atoms with Gasteiger partial charge in [0.15, 0.2) is 5.78 Å². The van der Waals surface area contributed by atoms with Crippen molar-refractivity contribution in [3.8, 4) is 0 Å². The number of Topliss-reactive ketones (excluding diaryl/α,β-unsaturated/α-hetero) is 1. The number of halogens is 1. The zero-order valence-corrected chi connectivity index (χ0v) is 17.2. The Bertz CT molecular complexity index is 1050. The molecule has 1 atom stereocenters. The summed E-state index contributed by atoms with van der Waals surface area (Å²) in [5, 5.41) is 2.73. The van der Waals surface area contributed by atoms with Crippen molar-refractivity contribution in [2.45, 2.75) is 13.0 Å². The predicted molar refractivity (Wildman–Crippen MR) is 114 cm³/mol. The Morgan fingerprint density at radius 3 is 2.28 bits per heavy atom. The minimum atomic E-state index is -1.16. The van der Waals surface area contributed by atoms with Crippen molar-refractivity contribution in [3.05, 3.63) is 100 Å². The second-order valence-corrected chi connectivity index (χ2v) is 7.16. The lowest BCUT2D eigenvalue weighted by Gasteiger charge is -2.18. The van der Waals surface area contributed by atoms with Crippen LogP contribution in [0.15, 0.2) is 83.3 Å². The van der Waals surface area contributed by atoms with Crippen LogP contribution in [0.25, 0.3) is 0 Å². The van der Waals surface area contributed by atoms with Crippen molar-refractivity contribution < 1.29 is 19.1 Å². The Balaban J connectivity index is 1.87. The maximum Gasteiger partial charge on any atom is 0.340 e. The van der Waals surface area contributed by atoms with E-state index in [0.717, 1.165) is 0 Å². The molecule has 3 aromatic rings. The standard InChI is InChI=1S/C23H18BrNO4/c1-15(26)17-10-7-11-18(14-17)25-22(27)21(16-8-3-2-4-9-16)29-23(28)19-12-5-6-13-20(19)24/h2-14,21H,1H3,(H,25,27). The first-order valence-electron chi connectivity index (χ1n) is 8.88. The van der Waals surface area contributed by atoms with E-state index < -0.39 is 18.0 Å². The van der Waals surface area contributed by atoms with Gasteiger partial charge in [0.05, 0.1) is 5.56 Å². The number of hydrogen-bond acceptors (Lipinski definition) is 4. The van der Waals surface area contributed by atoms with E-state index in [9.17, 15) is 14.4 Å². The molecule has 1 amide bonds. The lowest BCUT2D eigenvalue weighted by molar-refractivity contribution is -0.125. The summed E-state index contributed by atoms with van der Waals surface area (Å²) in [6.45, 7) is 1.45. The highest BCUT2D eigenvalue weighted by atomic mass is 79.9. The quantitative estimate of drug-likeness (QED) is 0.413. The summed E-state index contributed by atoms with van der Waals surface area (Å²) in [5.41, 5.74) is 1.78. The second-order valence-electron chi connectivity index (χ2n) is 6.30. The smallest absolute Gasteiger partial charge is 0.340 e. The van der Waals surface area contributed by atoms with Crippen LogP contribution in [0.5, 0.6) is 0 Å². The summed E-state index contributed by atoms with van der Waals surface area (Å²) >= 11 is 3.32. The van der Waals surface area contributed by atoms with Crippen LogP contribution >= 0.6 is 15.9 Å². The first-order valence-corrected chi connectivity index (χ1v) is 9.67. The first-order chi connectivity index (χ1) is 14.0. The van der Waals surface area contributed by atoms with Gasteiger partial charge in [-0.25, -0.2) is 4.79 Å². The van der Waals surface area contributed by atoms with Crippen LogP contribution < -0.4 is 5.32 Å². The largest absolute Gasteiger partial charge is 0.444 e. The molecule has 29 heavy (non-hydrogen) atoms. The molecule has 0 spiro atoms. The number of hydrogen-bond donors (Lipinski definition) is 1. The normalized spacial score (nSPS) is 11.4. The van der Waals surface area contributed by atoms with Crippen LogP contribution in [0.4, 0.5) is 5.69 Å². The molecular weight excluding hydrogens is 434 g/mol. The Morgan fingerprint density at radius 1 is 0.897 bits per heavy atom. The lowest BCUT2D eigenvalue weighted by Crippen LogP contribution is -2.26. The average Bonchev–Trinajstić information content (AvgIpc) is 2.73. The number of carbonyl (C=O) groups is 3. The Kier molecular flexibility index (Phi) is 6.57. The van der Waals surface area contributed by atoms with Crippen LogP contribution in [-0.2, 0) is 9.53 Å². The third kappa shape index (κ3) is 5.18. The highest BCUT2D eigenvalue weighted by molar-refractivity contribution is 9.10.